The van der Waals surface area contributed by atoms with Crippen LogP contribution in [0.25, 0.3) is 5.52 Å². The molecule has 0 radical (unpaired) electrons. The van der Waals surface area contributed by atoms with Crippen LogP contribution in [-0.2, 0) is 0 Å². The monoisotopic (exact) mass is 302 g/mol. The minimum atomic E-state index is -0.943. The van der Waals surface area contributed by atoms with E-state index in [1.165, 1.54) is 6.20 Å². The largest absolute Gasteiger partial charge is 0.478 e. The number of rotatable bonds is 1. The van der Waals surface area contributed by atoms with Crippen molar-refractivity contribution in [2.24, 2.45) is 0 Å². The number of aryl methyl sites for hydroxylation is 1. The molecule has 0 saturated heterocycles. The third-order valence-corrected chi connectivity index (χ3v) is 2.72. The summed E-state index contributed by atoms with van der Waals surface area (Å²) in [5, 5.41) is 12.9. The van der Waals surface area contributed by atoms with E-state index in [0.717, 1.165) is 9.26 Å². The molecule has 2 aromatic heterocycles. The Hall–Kier alpha value is -1.11. The molecular formula is C9H7IN2O2. The molecule has 1 N–H and O–H groups in total. The van der Waals surface area contributed by atoms with E-state index in [4.69, 9.17) is 5.11 Å². The minimum absolute atomic E-state index is 0.242. The highest BCUT2D eigenvalue weighted by Crippen LogP contribution is 2.16. The molecule has 0 bridgehead atoms. The lowest BCUT2D eigenvalue weighted by Crippen LogP contribution is -1.97. The van der Waals surface area contributed by atoms with Crippen molar-refractivity contribution in [1.82, 2.24) is 9.61 Å². The molecule has 0 aliphatic rings. The molecule has 2 aromatic rings. The van der Waals surface area contributed by atoms with Gasteiger partial charge < -0.3 is 5.11 Å². The van der Waals surface area contributed by atoms with Crippen LogP contribution in [0.4, 0.5) is 0 Å². The molecule has 4 nitrogen and oxygen atoms in total. The molecule has 0 aliphatic heterocycles. The number of aromatic carboxylic acids is 1. The lowest BCUT2D eigenvalue weighted by molar-refractivity contribution is 0.0699. The van der Waals surface area contributed by atoms with Gasteiger partial charge in [0.15, 0.2) is 0 Å². The van der Waals surface area contributed by atoms with E-state index in [1.54, 1.807) is 4.52 Å². The summed E-state index contributed by atoms with van der Waals surface area (Å²) in [6.45, 7) is 1.93. The first-order chi connectivity index (χ1) is 6.59. The van der Waals surface area contributed by atoms with Crippen LogP contribution >= 0.6 is 22.6 Å². The van der Waals surface area contributed by atoms with Gasteiger partial charge in [0, 0.05) is 0 Å². The zero-order valence-electron chi connectivity index (χ0n) is 7.36. The summed E-state index contributed by atoms with van der Waals surface area (Å²) in [6.07, 6.45) is 1.37. The Bertz CT molecular complexity index is 519. The normalized spacial score (nSPS) is 10.7. The van der Waals surface area contributed by atoms with Gasteiger partial charge >= 0.3 is 5.97 Å². The number of pyridine rings is 1. The fourth-order valence-electron chi connectivity index (χ4n) is 1.34. The molecule has 0 fully saturated rings. The third kappa shape index (κ3) is 1.37. The summed E-state index contributed by atoms with van der Waals surface area (Å²) in [5.74, 6) is -0.943. The minimum Gasteiger partial charge on any atom is -0.478 e. The number of aromatic nitrogens is 2. The first kappa shape index (κ1) is 9.45. The van der Waals surface area contributed by atoms with Gasteiger partial charge in [0.25, 0.3) is 0 Å². The van der Waals surface area contributed by atoms with Crippen molar-refractivity contribution in [2.45, 2.75) is 6.92 Å². The number of carbonyl (C=O) groups is 1. The van der Waals surface area contributed by atoms with Crippen molar-refractivity contribution in [1.29, 1.82) is 0 Å². The third-order valence-electron chi connectivity index (χ3n) is 1.95. The summed E-state index contributed by atoms with van der Waals surface area (Å²) in [4.78, 5) is 10.8. The Morgan fingerprint density at radius 2 is 2.29 bits per heavy atom. The predicted octanol–water partition coefficient (Wildman–Crippen LogP) is 1.95. The molecule has 0 unspecified atom stereocenters. The van der Waals surface area contributed by atoms with Gasteiger partial charge in [-0.2, -0.15) is 5.10 Å². The van der Waals surface area contributed by atoms with Gasteiger partial charge in [-0.25, -0.2) is 9.31 Å². The molecule has 2 heterocycles. The smallest absolute Gasteiger partial charge is 0.339 e. The Morgan fingerprint density at radius 3 is 2.93 bits per heavy atom. The number of carboxylic acids is 1. The molecule has 0 aromatic carbocycles. The first-order valence-corrected chi connectivity index (χ1v) is 5.04. The van der Waals surface area contributed by atoms with Crippen LogP contribution in [0.1, 0.15) is 15.9 Å². The molecule has 0 amide bonds. The van der Waals surface area contributed by atoms with Gasteiger partial charge in [-0.15, -0.1) is 0 Å². The van der Waals surface area contributed by atoms with Crippen LogP contribution in [0.2, 0.25) is 0 Å². The lowest BCUT2D eigenvalue weighted by atomic mass is 10.2. The highest BCUT2D eigenvalue weighted by molar-refractivity contribution is 14.1. The fourth-order valence-corrected chi connectivity index (χ4v) is 2.21. The maximum Gasteiger partial charge on any atom is 0.339 e. The summed E-state index contributed by atoms with van der Waals surface area (Å²) in [7, 11) is 0. The van der Waals surface area contributed by atoms with Gasteiger partial charge in [-0.1, -0.05) is 0 Å². The van der Waals surface area contributed by atoms with Crippen LogP contribution in [-0.4, -0.2) is 20.7 Å². The van der Waals surface area contributed by atoms with Gasteiger partial charge in [-0.3, -0.25) is 0 Å². The second-order valence-corrected chi connectivity index (χ2v) is 4.12. The van der Waals surface area contributed by atoms with Crippen LogP contribution in [0.5, 0.6) is 0 Å². The number of nitrogens with zero attached hydrogens (tertiary/aromatic N) is 2. The van der Waals surface area contributed by atoms with Gasteiger partial charge in [0.2, 0.25) is 0 Å². The molecular weight excluding hydrogens is 295 g/mol. The Balaban J connectivity index is 2.85. The maximum atomic E-state index is 10.8. The molecule has 0 saturated carbocycles. The maximum absolute atomic E-state index is 10.8. The SMILES string of the molecule is Cc1cc(I)n2ncc(C(=O)O)c2c1. The Morgan fingerprint density at radius 1 is 1.57 bits per heavy atom. The summed E-state index contributed by atoms with van der Waals surface area (Å²) >= 11 is 2.13. The predicted molar refractivity (Wildman–Crippen MR) is 59.6 cm³/mol. The number of hydrogen-bond acceptors (Lipinski definition) is 2. The summed E-state index contributed by atoms with van der Waals surface area (Å²) in [5.41, 5.74) is 1.92. The second-order valence-electron chi connectivity index (χ2n) is 3.02. The molecule has 5 heteroatoms. The Labute approximate surface area is 93.7 Å². The molecule has 72 valence electrons. The van der Waals surface area contributed by atoms with Crippen molar-refractivity contribution >= 4 is 34.1 Å². The summed E-state index contributed by atoms with van der Waals surface area (Å²) < 4.78 is 2.53. The molecule has 0 spiro atoms. The van der Waals surface area contributed by atoms with E-state index in [-0.39, 0.29) is 5.56 Å². The average Bonchev–Trinajstić information content (AvgIpc) is 2.47. The van der Waals surface area contributed by atoms with Crippen LogP contribution in [0.15, 0.2) is 18.3 Å². The van der Waals surface area contributed by atoms with E-state index in [0.29, 0.717) is 5.52 Å². The number of carboxylic acid groups (broad SMARTS) is 1. The van der Waals surface area contributed by atoms with Crippen LogP contribution in [0.3, 0.4) is 0 Å². The van der Waals surface area contributed by atoms with E-state index in [1.807, 2.05) is 19.1 Å². The molecule has 0 atom stereocenters. The second kappa shape index (κ2) is 3.23. The van der Waals surface area contributed by atoms with Crippen molar-refractivity contribution in [3.63, 3.8) is 0 Å². The Kier molecular flexibility index (Phi) is 2.18. The first-order valence-electron chi connectivity index (χ1n) is 3.97. The van der Waals surface area contributed by atoms with Crippen molar-refractivity contribution in [3.05, 3.63) is 33.2 Å². The number of hydrogen-bond donors (Lipinski definition) is 1. The van der Waals surface area contributed by atoms with Crippen molar-refractivity contribution < 1.29 is 9.90 Å². The number of fused-ring (bicyclic) bond motifs is 1. The van der Waals surface area contributed by atoms with E-state index >= 15 is 0 Å². The molecule has 14 heavy (non-hydrogen) atoms. The lowest BCUT2D eigenvalue weighted by Gasteiger charge is -1.99. The van der Waals surface area contributed by atoms with Crippen LogP contribution < -0.4 is 0 Å². The van der Waals surface area contributed by atoms with Gasteiger partial charge in [0.1, 0.15) is 9.26 Å². The molecule has 2 rings (SSSR count). The topological polar surface area (TPSA) is 54.6 Å². The average molecular weight is 302 g/mol. The standard InChI is InChI=1S/C9H7IN2O2/c1-5-2-7-6(9(13)14)4-11-12(7)8(10)3-5/h2-4H,1H3,(H,13,14). The van der Waals surface area contributed by atoms with E-state index in [9.17, 15) is 4.79 Å². The van der Waals surface area contributed by atoms with Gasteiger partial charge in [-0.05, 0) is 47.2 Å². The quantitative estimate of drug-likeness (QED) is 0.647. The molecule has 0 aliphatic carbocycles. The van der Waals surface area contributed by atoms with Crippen molar-refractivity contribution in [3.8, 4) is 0 Å². The summed E-state index contributed by atoms with van der Waals surface area (Å²) in [6, 6.07) is 3.77. The van der Waals surface area contributed by atoms with E-state index in [2.05, 4.69) is 27.7 Å². The fraction of sp³-hybridized carbons (Fsp3) is 0.111. The van der Waals surface area contributed by atoms with E-state index < -0.39 is 5.97 Å². The van der Waals surface area contributed by atoms with Crippen molar-refractivity contribution in [2.75, 3.05) is 0 Å². The van der Waals surface area contributed by atoms with Gasteiger partial charge in [0.05, 0.1) is 11.7 Å². The number of halogens is 1. The highest BCUT2D eigenvalue weighted by Gasteiger charge is 2.12. The van der Waals surface area contributed by atoms with Crippen LogP contribution in [0, 0.1) is 10.6 Å². The zero-order chi connectivity index (χ0) is 10.3. The zero-order valence-corrected chi connectivity index (χ0v) is 9.52. The highest BCUT2D eigenvalue weighted by atomic mass is 127.